The normalized spacial score (nSPS) is 45.5. The lowest BCUT2D eigenvalue weighted by atomic mass is 9.83. The van der Waals surface area contributed by atoms with Crippen LogP contribution in [0.2, 0.25) is 0 Å². The zero-order valence-corrected chi connectivity index (χ0v) is 7.92. The van der Waals surface area contributed by atoms with Crippen LogP contribution in [0.5, 0.6) is 0 Å². The van der Waals surface area contributed by atoms with E-state index < -0.39 is 0 Å². The first-order valence-electron chi connectivity index (χ1n) is 4.55. The average molecular weight is 168 g/mol. The Bertz CT molecular complexity index is 240. The van der Waals surface area contributed by atoms with Gasteiger partial charge < -0.3 is 9.84 Å². The molecule has 1 N–H and O–H groups in total. The fraction of sp³-hybridized carbons (Fsp3) is 0.800. The van der Waals surface area contributed by atoms with Gasteiger partial charge in [0.2, 0.25) is 0 Å². The van der Waals surface area contributed by atoms with Crippen molar-refractivity contribution in [1.29, 1.82) is 0 Å². The number of allylic oxidation sites excluding steroid dienone is 1. The van der Waals surface area contributed by atoms with Gasteiger partial charge in [-0.25, -0.2) is 0 Å². The molecule has 1 aliphatic carbocycles. The molecule has 2 nitrogen and oxygen atoms in total. The number of hydrogen-bond acceptors (Lipinski definition) is 2. The van der Waals surface area contributed by atoms with Crippen molar-refractivity contribution < 1.29 is 9.84 Å². The molecule has 68 valence electrons. The van der Waals surface area contributed by atoms with Crippen LogP contribution in [-0.2, 0) is 4.74 Å². The average Bonchev–Trinajstić information content (AvgIpc) is 2.62. The Labute approximate surface area is 73.2 Å². The SMILES string of the molecule is CC(C)=C1C[C@@H]2O[C@]2(C)[C@@H](O)C1. The fourth-order valence-corrected chi connectivity index (χ4v) is 1.96. The van der Waals surface area contributed by atoms with E-state index in [0.29, 0.717) is 0 Å². The molecule has 2 fully saturated rings. The van der Waals surface area contributed by atoms with Crippen molar-refractivity contribution in [2.45, 2.75) is 51.4 Å². The van der Waals surface area contributed by atoms with Gasteiger partial charge in [0.05, 0.1) is 12.2 Å². The molecule has 0 bridgehead atoms. The van der Waals surface area contributed by atoms with Gasteiger partial charge in [0, 0.05) is 0 Å². The van der Waals surface area contributed by atoms with Crippen molar-refractivity contribution in [1.82, 2.24) is 0 Å². The van der Waals surface area contributed by atoms with Crippen LogP contribution in [0.25, 0.3) is 0 Å². The molecule has 0 radical (unpaired) electrons. The zero-order chi connectivity index (χ0) is 8.93. The minimum atomic E-state index is -0.291. The Hall–Kier alpha value is -0.340. The summed E-state index contributed by atoms with van der Waals surface area (Å²) in [5.41, 5.74) is 2.51. The van der Waals surface area contributed by atoms with E-state index in [1.165, 1.54) is 11.1 Å². The fourth-order valence-electron chi connectivity index (χ4n) is 1.96. The van der Waals surface area contributed by atoms with Crippen molar-refractivity contribution in [3.05, 3.63) is 11.1 Å². The van der Waals surface area contributed by atoms with E-state index in [2.05, 4.69) is 13.8 Å². The second-order valence-electron chi connectivity index (χ2n) is 4.32. The molecule has 2 heteroatoms. The summed E-state index contributed by atoms with van der Waals surface area (Å²) in [4.78, 5) is 0. The van der Waals surface area contributed by atoms with E-state index in [1.807, 2.05) is 6.92 Å². The maximum Gasteiger partial charge on any atom is 0.118 e. The summed E-state index contributed by atoms with van der Waals surface area (Å²) in [6.45, 7) is 6.21. The number of aliphatic hydroxyl groups excluding tert-OH is 1. The predicted octanol–water partition coefficient (Wildman–Crippen LogP) is 1.64. The van der Waals surface area contributed by atoms with Crippen molar-refractivity contribution in [2.75, 3.05) is 0 Å². The maximum absolute atomic E-state index is 9.74. The van der Waals surface area contributed by atoms with Crippen molar-refractivity contribution >= 4 is 0 Å². The van der Waals surface area contributed by atoms with E-state index in [4.69, 9.17) is 4.74 Å². The number of hydrogen-bond donors (Lipinski definition) is 1. The van der Waals surface area contributed by atoms with E-state index in [9.17, 15) is 5.11 Å². The third-order valence-electron chi connectivity index (χ3n) is 3.22. The number of aliphatic hydroxyl groups is 1. The monoisotopic (exact) mass is 168 g/mol. The molecule has 0 amide bonds. The van der Waals surface area contributed by atoms with Gasteiger partial charge in [-0.05, 0) is 33.6 Å². The van der Waals surface area contributed by atoms with Gasteiger partial charge in [-0.1, -0.05) is 11.1 Å². The minimum absolute atomic E-state index is 0.209. The van der Waals surface area contributed by atoms with E-state index in [-0.39, 0.29) is 17.8 Å². The first kappa shape index (κ1) is 8.27. The third-order valence-corrected chi connectivity index (χ3v) is 3.22. The van der Waals surface area contributed by atoms with Gasteiger partial charge >= 0.3 is 0 Å². The summed E-state index contributed by atoms with van der Waals surface area (Å²) in [7, 11) is 0. The van der Waals surface area contributed by atoms with Gasteiger partial charge in [0.15, 0.2) is 0 Å². The highest BCUT2D eigenvalue weighted by Gasteiger charge is 2.59. The molecule has 0 aromatic carbocycles. The summed E-state index contributed by atoms with van der Waals surface area (Å²) in [6.07, 6.45) is 1.82. The molecule has 1 saturated carbocycles. The number of fused-ring (bicyclic) bond motifs is 1. The van der Waals surface area contributed by atoms with Gasteiger partial charge in [0.25, 0.3) is 0 Å². The van der Waals surface area contributed by atoms with Crippen LogP contribution in [-0.4, -0.2) is 22.9 Å². The Morgan fingerprint density at radius 1 is 1.50 bits per heavy atom. The van der Waals surface area contributed by atoms with Crippen LogP contribution in [0.4, 0.5) is 0 Å². The molecule has 0 unspecified atom stereocenters. The molecule has 1 saturated heterocycles. The van der Waals surface area contributed by atoms with Crippen LogP contribution < -0.4 is 0 Å². The molecular formula is C10H16O2. The standard InChI is InChI=1S/C10H16O2/c1-6(2)7-4-8(11)10(3)9(5-7)12-10/h8-9,11H,4-5H2,1-3H3/t8-,9-,10+/m0/s1. The second-order valence-corrected chi connectivity index (χ2v) is 4.32. The minimum Gasteiger partial charge on any atom is -0.390 e. The molecule has 3 atom stereocenters. The smallest absolute Gasteiger partial charge is 0.118 e. The van der Waals surface area contributed by atoms with Gasteiger partial charge in [-0.3, -0.25) is 0 Å². The summed E-state index contributed by atoms with van der Waals surface area (Å²) >= 11 is 0. The second kappa shape index (κ2) is 2.33. The zero-order valence-electron chi connectivity index (χ0n) is 7.92. The first-order valence-corrected chi connectivity index (χ1v) is 4.55. The molecule has 2 aliphatic rings. The highest BCUT2D eigenvalue weighted by Crippen LogP contribution is 2.49. The highest BCUT2D eigenvalue weighted by atomic mass is 16.6. The third kappa shape index (κ3) is 1.02. The number of epoxide rings is 1. The summed E-state index contributed by atoms with van der Waals surface area (Å²) in [5, 5.41) is 9.74. The van der Waals surface area contributed by atoms with Crippen LogP contribution in [0.15, 0.2) is 11.1 Å². The van der Waals surface area contributed by atoms with E-state index in [0.717, 1.165) is 12.8 Å². The van der Waals surface area contributed by atoms with Gasteiger partial charge in [-0.15, -0.1) is 0 Å². The first-order chi connectivity index (χ1) is 5.54. The Kier molecular flexibility index (Phi) is 1.61. The molecular weight excluding hydrogens is 152 g/mol. The Morgan fingerprint density at radius 3 is 2.67 bits per heavy atom. The summed E-state index contributed by atoms with van der Waals surface area (Å²) < 4.78 is 5.47. The largest absolute Gasteiger partial charge is 0.390 e. The lowest BCUT2D eigenvalue weighted by Crippen LogP contribution is -2.33. The highest BCUT2D eigenvalue weighted by molar-refractivity contribution is 5.24. The number of ether oxygens (including phenoxy) is 1. The molecule has 0 aromatic heterocycles. The molecule has 0 aromatic rings. The summed E-state index contributed by atoms with van der Waals surface area (Å²) in [5.74, 6) is 0. The predicted molar refractivity (Wildman–Crippen MR) is 46.9 cm³/mol. The molecule has 2 rings (SSSR count). The summed E-state index contributed by atoms with van der Waals surface area (Å²) in [6, 6.07) is 0. The molecule has 1 heterocycles. The number of rotatable bonds is 0. The van der Waals surface area contributed by atoms with E-state index >= 15 is 0 Å². The Morgan fingerprint density at radius 2 is 2.17 bits per heavy atom. The van der Waals surface area contributed by atoms with Crippen LogP contribution in [0.3, 0.4) is 0 Å². The lowest BCUT2D eigenvalue weighted by molar-refractivity contribution is 0.0839. The van der Waals surface area contributed by atoms with Crippen LogP contribution in [0.1, 0.15) is 33.6 Å². The Balaban J connectivity index is 2.17. The van der Waals surface area contributed by atoms with E-state index in [1.54, 1.807) is 0 Å². The van der Waals surface area contributed by atoms with Crippen LogP contribution in [0, 0.1) is 0 Å². The van der Waals surface area contributed by atoms with Crippen molar-refractivity contribution in [2.24, 2.45) is 0 Å². The van der Waals surface area contributed by atoms with Crippen LogP contribution >= 0.6 is 0 Å². The topological polar surface area (TPSA) is 32.8 Å². The molecule has 1 aliphatic heterocycles. The van der Waals surface area contributed by atoms with Crippen molar-refractivity contribution in [3.63, 3.8) is 0 Å². The maximum atomic E-state index is 9.74. The molecule has 12 heavy (non-hydrogen) atoms. The van der Waals surface area contributed by atoms with Crippen molar-refractivity contribution in [3.8, 4) is 0 Å². The molecule has 0 spiro atoms. The van der Waals surface area contributed by atoms with Gasteiger partial charge in [-0.2, -0.15) is 0 Å². The lowest BCUT2D eigenvalue weighted by Gasteiger charge is -2.23. The van der Waals surface area contributed by atoms with Gasteiger partial charge in [0.1, 0.15) is 5.60 Å². The quantitative estimate of drug-likeness (QED) is 0.440.